The van der Waals surface area contributed by atoms with Crippen LogP contribution in [-0.2, 0) is 16.1 Å². The molecule has 1 aromatic rings. The maximum atomic E-state index is 13.2. The van der Waals surface area contributed by atoms with E-state index in [2.05, 4.69) is 28.7 Å². The molecule has 2 atom stereocenters. The first kappa shape index (κ1) is 21.4. The lowest BCUT2D eigenvalue weighted by Gasteiger charge is -2.30. The lowest BCUT2D eigenvalue weighted by molar-refractivity contribution is -0.121. The normalized spacial score (nSPS) is 23.2. The lowest BCUT2D eigenvalue weighted by atomic mass is 10.0. The third-order valence-electron chi connectivity index (χ3n) is 6.65. The van der Waals surface area contributed by atoms with Crippen molar-refractivity contribution in [2.75, 3.05) is 27.7 Å². The number of nitrogens with zero attached hydrogens (tertiary/aromatic N) is 2. The molecule has 166 valence electrons. The van der Waals surface area contributed by atoms with Crippen LogP contribution in [0.1, 0.15) is 41.6 Å². The highest BCUT2D eigenvalue weighted by Crippen LogP contribution is 2.36. The summed E-state index contributed by atoms with van der Waals surface area (Å²) in [6.07, 6.45) is 9.44. The first-order chi connectivity index (χ1) is 15.0. The topological polar surface area (TPSA) is 73.9 Å². The molecule has 1 saturated carbocycles. The molecule has 1 fully saturated rings. The van der Waals surface area contributed by atoms with Crippen molar-refractivity contribution >= 4 is 11.8 Å². The number of hydrogen-bond acceptors (Lipinski definition) is 7. The van der Waals surface area contributed by atoms with E-state index in [1.165, 1.54) is 32.8 Å². The first-order valence-electron chi connectivity index (χ1n) is 11.0. The molecule has 7 heteroatoms. The third-order valence-corrected chi connectivity index (χ3v) is 6.65. The molecule has 31 heavy (non-hydrogen) atoms. The standard InChI is InChI=1S/C24H32N4O3/c1-27-12-11-19-21(26-23(28(19)2)17-8-4-5-9-17)22(27)20(29)15-25-14-16-7-6-10-18(13-16)24(30)31-3/h6-7,10-13,17,22-23,25-26H,4-5,8-9,14-15H2,1-3H3. The molecule has 0 bridgehead atoms. The molecular formula is C24H32N4O3. The van der Waals surface area contributed by atoms with Crippen molar-refractivity contribution < 1.29 is 14.3 Å². The second-order valence-electron chi connectivity index (χ2n) is 8.69. The van der Waals surface area contributed by atoms with E-state index < -0.39 is 0 Å². The maximum absolute atomic E-state index is 13.2. The summed E-state index contributed by atoms with van der Waals surface area (Å²) >= 11 is 0. The van der Waals surface area contributed by atoms with E-state index in [0.29, 0.717) is 18.0 Å². The number of Topliss-reactive ketones (excluding diaryl/α,β-unsaturated/α-hetero) is 1. The molecule has 0 spiro atoms. The molecular weight excluding hydrogens is 392 g/mol. The molecule has 1 aliphatic carbocycles. The third kappa shape index (κ3) is 4.32. The second-order valence-corrected chi connectivity index (χ2v) is 8.69. The van der Waals surface area contributed by atoms with Crippen LogP contribution < -0.4 is 10.6 Å². The molecule has 2 aliphatic heterocycles. The van der Waals surface area contributed by atoms with Gasteiger partial charge in [0.1, 0.15) is 12.2 Å². The minimum Gasteiger partial charge on any atom is -0.465 e. The van der Waals surface area contributed by atoms with Gasteiger partial charge < -0.3 is 25.2 Å². The Labute approximate surface area is 184 Å². The van der Waals surface area contributed by atoms with Gasteiger partial charge in [0.25, 0.3) is 0 Å². The van der Waals surface area contributed by atoms with Gasteiger partial charge >= 0.3 is 5.97 Å². The van der Waals surface area contributed by atoms with Gasteiger partial charge in [-0.1, -0.05) is 25.0 Å². The van der Waals surface area contributed by atoms with Crippen LogP contribution in [0.5, 0.6) is 0 Å². The summed E-state index contributed by atoms with van der Waals surface area (Å²) in [5, 5.41) is 6.94. The van der Waals surface area contributed by atoms with Crippen molar-refractivity contribution in [3.05, 3.63) is 59.1 Å². The number of carbonyl (C=O) groups is 2. The zero-order valence-corrected chi connectivity index (χ0v) is 18.6. The van der Waals surface area contributed by atoms with Gasteiger partial charge in [0.15, 0.2) is 5.78 Å². The fourth-order valence-electron chi connectivity index (χ4n) is 5.02. The lowest BCUT2D eigenvalue weighted by Crippen LogP contribution is -2.47. The highest BCUT2D eigenvalue weighted by Gasteiger charge is 2.41. The van der Waals surface area contributed by atoms with Crippen molar-refractivity contribution in [3.63, 3.8) is 0 Å². The van der Waals surface area contributed by atoms with E-state index >= 15 is 0 Å². The van der Waals surface area contributed by atoms with Gasteiger partial charge in [0, 0.05) is 26.8 Å². The number of likely N-dealkylation sites (N-methyl/N-ethyl adjacent to an activating group) is 2. The Hall–Kier alpha value is -2.80. The van der Waals surface area contributed by atoms with Crippen LogP contribution in [-0.4, -0.2) is 61.5 Å². The molecule has 0 amide bonds. The Bertz CT molecular complexity index is 904. The Kier molecular flexibility index (Phi) is 6.32. The van der Waals surface area contributed by atoms with Crippen LogP contribution in [0, 0.1) is 5.92 Å². The van der Waals surface area contributed by atoms with E-state index in [1.54, 1.807) is 12.1 Å². The maximum Gasteiger partial charge on any atom is 0.337 e. The van der Waals surface area contributed by atoms with E-state index in [9.17, 15) is 9.59 Å². The smallest absolute Gasteiger partial charge is 0.337 e. The SMILES string of the molecule is COC(=O)c1cccc(CNCC(=O)C2C3=C(C=CN2C)N(C)C(C2CCCC2)N3)c1. The fraction of sp³-hybridized carbons (Fsp3) is 0.500. The highest BCUT2D eigenvalue weighted by molar-refractivity contribution is 5.90. The Balaban J connectivity index is 1.39. The summed E-state index contributed by atoms with van der Waals surface area (Å²) in [4.78, 5) is 29.2. The van der Waals surface area contributed by atoms with Crippen molar-refractivity contribution in [1.29, 1.82) is 0 Å². The molecule has 0 aromatic heterocycles. The average Bonchev–Trinajstić information content (AvgIpc) is 3.41. The number of esters is 1. The highest BCUT2D eigenvalue weighted by atomic mass is 16.5. The summed E-state index contributed by atoms with van der Waals surface area (Å²) in [5.74, 6) is 0.392. The van der Waals surface area contributed by atoms with Gasteiger partial charge in [-0.25, -0.2) is 4.79 Å². The Morgan fingerprint density at radius 3 is 2.74 bits per heavy atom. The van der Waals surface area contributed by atoms with Crippen LogP contribution in [0.3, 0.4) is 0 Å². The quantitative estimate of drug-likeness (QED) is 0.650. The number of hydrogen-bond donors (Lipinski definition) is 2. The molecule has 7 nitrogen and oxygen atoms in total. The summed E-state index contributed by atoms with van der Waals surface area (Å²) in [7, 11) is 5.45. The number of rotatable bonds is 7. The molecule has 0 saturated heterocycles. The molecule has 0 radical (unpaired) electrons. The monoisotopic (exact) mass is 424 g/mol. The Morgan fingerprint density at radius 2 is 2.00 bits per heavy atom. The predicted octanol–water partition coefficient (Wildman–Crippen LogP) is 2.22. The van der Waals surface area contributed by atoms with Crippen molar-refractivity contribution in [1.82, 2.24) is 20.4 Å². The first-order valence-corrected chi connectivity index (χ1v) is 11.0. The number of benzene rings is 1. The van der Waals surface area contributed by atoms with Crippen molar-refractivity contribution in [3.8, 4) is 0 Å². The fourth-order valence-corrected chi connectivity index (χ4v) is 5.02. The number of ether oxygens (including phenoxy) is 1. The predicted molar refractivity (Wildman–Crippen MR) is 119 cm³/mol. The van der Waals surface area contributed by atoms with Gasteiger partial charge in [-0.2, -0.15) is 0 Å². The van der Waals surface area contributed by atoms with Crippen LogP contribution in [0.15, 0.2) is 47.9 Å². The summed E-state index contributed by atoms with van der Waals surface area (Å²) in [6.45, 7) is 0.758. The minimum absolute atomic E-state index is 0.122. The zero-order chi connectivity index (χ0) is 22.0. The van der Waals surface area contributed by atoms with E-state index in [0.717, 1.165) is 17.0 Å². The van der Waals surface area contributed by atoms with Crippen LogP contribution in [0.4, 0.5) is 0 Å². The van der Waals surface area contributed by atoms with Gasteiger partial charge in [-0.15, -0.1) is 0 Å². The summed E-state index contributed by atoms with van der Waals surface area (Å²) in [6, 6.07) is 6.95. The molecule has 1 aromatic carbocycles. The van der Waals surface area contributed by atoms with Crippen LogP contribution >= 0.6 is 0 Å². The van der Waals surface area contributed by atoms with Gasteiger partial charge in [-0.3, -0.25) is 4.79 Å². The number of carbonyl (C=O) groups excluding carboxylic acids is 2. The van der Waals surface area contributed by atoms with Gasteiger partial charge in [-0.05, 0) is 42.5 Å². The second kappa shape index (κ2) is 9.14. The molecule has 2 heterocycles. The largest absolute Gasteiger partial charge is 0.465 e. The van der Waals surface area contributed by atoms with E-state index in [-0.39, 0.29) is 30.5 Å². The number of ketones is 1. The number of methoxy groups -OCH3 is 1. The average molecular weight is 425 g/mol. The van der Waals surface area contributed by atoms with Crippen LogP contribution in [0.2, 0.25) is 0 Å². The summed E-state index contributed by atoms with van der Waals surface area (Å²) < 4.78 is 4.78. The number of nitrogens with one attached hydrogen (secondary N) is 2. The molecule has 3 aliphatic rings. The van der Waals surface area contributed by atoms with Gasteiger partial charge in [0.2, 0.25) is 0 Å². The zero-order valence-electron chi connectivity index (χ0n) is 18.6. The molecule has 2 unspecified atom stereocenters. The summed E-state index contributed by atoms with van der Waals surface area (Å²) in [5.41, 5.74) is 3.59. The van der Waals surface area contributed by atoms with Gasteiger partial charge in [0.05, 0.1) is 30.6 Å². The Morgan fingerprint density at radius 1 is 1.23 bits per heavy atom. The van der Waals surface area contributed by atoms with Crippen LogP contribution in [0.25, 0.3) is 0 Å². The van der Waals surface area contributed by atoms with E-state index in [4.69, 9.17) is 4.74 Å². The molecule has 2 N–H and O–H groups in total. The minimum atomic E-state index is -0.360. The number of allylic oxidation sites excluding steroid dienone is 1. The van der Waals surface area contributed by atoms with E-state index in [1.807, 2.05) is 30.3 Å². The molecule has 4 rings (SSSR count). The van der Waals surface area contributed by atoms with Crippen molar-refractivity contribution in [2.24, 2.45) is 5.92 Å². The van der Waals surface area contributed by atoms with Crippen molar-refractivity contribution in [2.45, 2.75) is 44.4 Å².